The molecule has 0 aromatic carbocycles. The number of allylic oxidation sites excluding steroid dienone is 2. The van der Waals surface area contributed by atoms with Gasteiger partial charge in [-0.2, -0.15) is 0 Å². The zero-order valence-electron chi connectivity index (χ0n) is 22.1. The van der Waals surface area contributed by atoms with Crippen LogP contribution in [0, 0.1) is 17.8 Å². The minimum Gasteiger partial charge on any atom is -0.454 e. The van der Waals surface area contributed by atoms with E-state index < -0.39 is 30.2 Å². The highest BCUT2D eigenvalue weighted by molar-refractivity contribution is 5.97. The van der Waals surface area contributed by atoms with Crippen molar-refractivity contribution in [1.29, 1.82) is 0 Å². The Kier molecular flexibility index (Phi) is 11.7. The first-order valence-corrected chi connectivity index (χ1v) is 12.8. The van der Waals surface area contributed by atoms with Crippen LogP contribution in [0.25, 0.3) is 0 Å². The number of ether oxygens (including phenoxy) is 2. The van der Waals surface area contributed by atoms with Gasteiger partial charge in [-0.15, -0.1) is 0 Å². The molecule has 0 radical (unpaired) electrons. The number of likely N-dealkylation sites (tertiary alicyclic amines) is 1. The summed E-state index contributed by atoms with van der Waals surface area (Å²) in [5.74, 6) is -1.87. The standard InChI is InChI=1S/C28H41NO7/c1-18-15-19(2)28(36-26(33)14-9-7-6-8-13-23(35-5)27(18)34)20(3)22(30)12-10-11-21-16-24(31)29(4)25(32)17-21/h8-9,13-15,18,20-21,23,27-28,34H,6-7,10-12,16-17H2,1-5H3/t18-,20-,23-,27+,28+/m0/s1. The summed E-state index contributed by atoms with van der Waals surface area (Å²) in [6.07, 6.45) is 10.0. The predicted octanol–water partition coefficient (Wildman–Crippen LogP) is 3.53. The summed E-state index contributed by atoms with van der Waals surface area (Å²) < 4.78 is 11.2. The number of carbonyl (C=O) groups is 4. The highest BCUT2D eigenvalue weighted by Crippen LogP contribution is 2.27. The van der Waals surface area contributed by atoms with E-state index in [0.29, 0.717) is 44.1 Å². The molecule has 200 valence electrons. The summed E-state index contributed by atoms with van der Waals surface area (Å²) in [5, 5.41) is 10.8. The first-order chi connectivity index (χ1) is 17.0. The van der Waals surface area contributed by atoms with Crippen molar-refractivity contribution < 1.29 is 33.8 Å². The SMILES string of the molecule is CO[C@H]1C=CCCC=CC(=O)O[C@@H]([C@@H](C)C(=O)CCCC2CC(=O)N(C)C(=O)C2)C(C)=C[C@H](C)[C@H]1O. The second kappa shape index (κ2) is 14.2. The van der Waals surface area contributed by atoms with Gasteiger partial charge in [-0.3, -0.25) is 19.3 Å². The number of aliphatic hydroxyl groups excluding tert-OH is 1. The first kappa shape index (κ1) is 29.6. The molecule has 2 aliphatic rings. The van der Waals surface area contributed by atoms with Gasteiger partial charge < -0.3 is 14.6 Å². The number of nitrogens with zero attached hydrogens (tertiary/aromatic N) is 1. The van der Waals surface area contributed by atoms with Crippen molar-refractivity contribution in [3.8, 4) is 0 Å². The number of esters is 1. The van der Waals surface area contributed by atoms with E-state index in [1.165, 1.54) is 13.1 Å². The van der Waals surface area contributed by atoms with E-state index in [1.807, 2.05) is 25.2 Å². The van der Waals surface area contributed by atoms with E-state index in [-0.39, 0.29) is 35.9 Å². The summed E-state index contributed by atoms with van der Waals surface area (Å²) >= 11 is 0. The molecule has 8 heteroatoms. The Morgan fingerprint density at radius 3 is 2.47 bits per heavy atom. The van der Waals surface area contributed by atoms with Crippen LogP contribution in [0.4, 0.5) is 0 Å². The maximum absolute atomic E-state index is 13.1. The molecule has 2 aliphatic heterocycles. The Labute approximate surface area is 214 Å². The molecule has 0 spiro atoms. The number of imide groups is 1. The molecule has 0 aromatic heterocycles. The molecule has 36 heavy (non-hydrogen) atoms. The number of piperidine rings is 1. The second-order valence-electron chi connectivity index (χ2n) is 9.99. The Hall–Kier alpha value is -2.58. The summed E-state index contributed by atoms with van der Waals surface area (Å²) in [6, 6.07) is 0. The number of Topliss-reactive ketones (excluding diaryl/α,β-unsaturated/α-hetero) is 1. The molecule has 1 fully saturated rings. The molecule has 1 saturated heterocycles. The molecule has 2 amide bonds. The minimum absolute atomic E-state index is 0.0478. The van der Waals surface area contributed by atoms with Gasteiger partial charge in [0.15, 0.2) is 0 Å². The number of cyclic esters (lactones) is 1. The van der Waals surface area contributed by atoms with Crippen LogP contribution in [-0.4, -0.2) is 66.0 Å². The van der Waals surface area contributed by atoms with Crippen LogP contribution < -0.4 is 0 Å². The molecule has 0 unspecified atom stereocenters. The van der Waals surface area contributed by atoms with Gasteiger partial charge in [0.1, 0.15) is 18.0 Å². The predicted molar refractivity (Wildman–Crippen MR) is 136 cm³/mol. The lowest BCUT2D eigenvalue weighted by molar-refractivity contribution is -0.148. The van der Waals surface area contributed by atoms with Crippen LogP contribution in [0.3, 0.4) is 0 Å². The lowest BCUT2D eigenvalue weighted by Crippen LogP contribution is -2.40. The monoisotopic (exact) mass is 503 g/mol. The van der Waals surface area contributed by atoms with Crippen molar-refractivity contribution in [2.75, 3.05) is 14.2 Å². The maximum Gasteiger partial charge on any atom is 0.331 e. The van der Waals surface area contributed by atoms with Crippen molar-refractivity contribution in [3.63, 3.8) is 0 Å². The van der Waals surface area contributed by atoms with Crippen molar-refractivity contribution in [2.45, 2.75) is 84.0 Å². The lowest BCUT2D eigenvalue weighted by Gasteiger charge is -2.28. The summed E-state index contributed by atoms with van der Waals surface area (Å²) in [7, 11) is 3.05. The number of amides is 2. The zero-order valence-corrected chi connectivity index (χ0v) is 22.1. The number of carbonyl (C=O) groups excluding carboxylic acids is 4. The van der Waals surface area contributed by atoms with E-state index in [9.17, 15) is 24.3 Å². The van der Waals surface area contributed by atoms with Gasteiger partial charge in [-0.25, -0.2) is 4.79 Å². The number of hydrogen-bond acceptors (Lipinski definition) is 7. The van der Waals surface area contributed by atoms with Crippen LogP contribution in [0.5, 0.6) is 0 Å². The van der Waals surface area contributed by atoms with Crippen LogP contribution in [0.15, 0.2) is 36.0 Å². The summed E-state index contributed by atoms with van der Waals surface area (Å²) in [5.41, 5.74) is 0.687. The van der Waals surface area contributed by atoms with Gasteiger partial charge >= 0.3 is 5.97 Å². The smallest absolute Gasteiger partial charge is 0.331 e. The van der Waals surface area contributed by atoms with Crippen molar-refractivity contribution in [3.05, 3.63) is 36.0 Å². The average molecular weight is 504 g/mol. The highest BCUT2D eigenvalue weighted by atomic mass is 16.5. The maximum atomic E-state index is 13.1. The molecule has 2 heterocycles. The normalized spacial score (nSPS) is 27.9. The van der Waals surface area contributed by atoms with E-state index >= 15 is 0 Å². The Bertz CT molecular complexity index is 872. The van der Waals surface area contributed by atoms with Crippen LogP contribution >= 0.6 is 0 Å². The zero-order chi connectivity index (χ0) is 26.8. The van der Waals surface area contributed by atoms with E-state index in [2.05, 4.69) is 0 Å². The fourth-order valence-electron chi connectivity index (χ4n) is 4.74. The molecule has 0 aromatic rings. The topological polar surface area (TPSA) is 110 Å². The van der Waals surface area contributed by atoms with Crippen LogP contribution in [0.2, 0.25) is 0 Å². The second-order valence-corrected chi connectivity index (χ2v) is 9.99. The third-order valence-corrected chi connectivity index (χ3v) is 7.12. The fraction of sp³-hybridized carbons (Fsp3) is 0.643. The Morgan fingerprint density at radius 1 is 1.19 bits per heavy atom. The third kappa shape index (κ3) is 8.52. The van der Waals surface area contributed by atoms with Gasteiger partial charge in [0.05, 0.1) is 12.0 Å². The molecule has 8 nitrogen and oxygen atoms in total. The summed E-state index contributed by atoms with van der Waals surface area (Å²) in [4.78, 5) is 50.6. The van der Waals surface area contributed by atoms with E-state index in [4.69, 9.17) is 9.47 Å². The Balaban J connectivity index is 2.11. The highest BCUT2D eigenvalue weighted by Gasteiger charge is 2.32. The Morgan fingerprint density at radius 2 is 1.83 bits per heavy atom. The first-order valence-electron chi connectivity index (χ1n) is 12.8. The van der Waals surface area contributed by atoms with Gasteiger partial charge in [0.2, 0.25) is 11.8 Å². The molecule has 0 aliphatic carbocycles. The molecule has 2 rings (SSSR count). The van der Waals surface area contributed by atoms with Crippen LogP contribution in [-0.2, 0) is 28.7 Å². The molecular formula is C28H41NO7. The lowest BCUT2D eigenvalue weighted by atomic mass is 9.86. The number of ketones is 1. The molecule has 0 bridgehead atoms. The van der Waals surface area contributed by atoms with Gasteiger partial charge in [-0.05, 0) is 44.1 Å². The number of rotatable bonds is 7. The number of aliphatic hydroxyl groups is 1. The number of hydrogen-bond donors (Lipinski definition) is 1. The summed E-state index contributed by atoms with van der Waals surface area (Å²) in [6.45, 7) is 5.40. The van der Waals surface area contributed by atoms with Gasteiger partial charge in [0, 0.05) is 45.4 Å². The molecular weight excluding hydrogens is 462 g/mol. The van der Waals surface area contributed by atoms with E-state index in [0.717, 1.165) is 4.90 Å². The minimum atomic E-state index is -0.804. The number of methoxy groups -OCH3 is 1. The largest absolute Gasteiger partial charge is 0.454 e. The van der Waals surface area contributed by atoms with Crippen molar-refractivity contribution in [2.24, 2.45) is 17.8 Å². The van der Waals surface area contributed by atoms with E-state index in [1.54, 1.807) is 27.0 Å². The quantitative estimate of drug-likeness (QED) is 0.321. The van der Waals surface area contributed by atoms with Crippen molar-refractivity contribution >= 4 is 23.6 Å². The van der Waals surface area contributed by atoms with Gasteiger partial charge in [-0.1, -0.05) is 38.2 Å². The van der Waals surface area contributed by atoms with Crippen molar-refractivity contribution in [1.82, 2.24) is 4.90 Å². The molecule has 0 saturated carbocycles. The third-order valence-electron chi connectivity index (χ3n) is 7.12. The van der Waals surface area contributed by atoms with Gasteiger partial charge in [0.25, 0.3) is 0 Å². The fourth-order valence-corrected chi connectivity index (χ4v) is 4.74. The van der Waals surface area contributed by atoms with Crippen LogP contribution in [0.1, 0.15) is 65.7 Å². The molecule has 5 atom stereocenters. The average Bonchev–Trinajstić information content (AvgIpc) is 2.83. The molecule has 1 N–H and O–H groups in total.